The van der Waals surface area contributed by atoms with Crippen LogP contribution in [0.25, 0.3) is 10.2 Å². The molecule has 1 fully saturated rings. The molecule has 7 nitrogen and oxygen atoms in total. The van der Waals surface area contributed by atoms with E-state index in [2.05, 4.69) is 15.6 Å². The number of anilines is 2. The van der Waals surface area contributed by atoms with Crippen molar-refractivity contribution < 1.29 is 19.1 Å². The lowest BCUT2D eigenvalue weighted by atomic mass is 10.1. The first kappa shape index (κ1) is 18.9. The fourth-order valence-corrected chi connectivity index (χ4v) is 4.51. The van der Waals surface area contributed by atoms with E-state index in [-0.39, 0.29) is 17.6 Å². The van der Waals surface area contributed by atoms with Crippen molar-refractivity contribution in [2.75, 3.05) is 18.4 Å². The molecule has 2 aromatic heterocycles. The standard InChI is InChI=1S/C18H14FIN4O3S/c19-12-6-9(20)3-4-13(12)23-16-14(11-2-1-5-21-15(11)28-16)17(25)24-7-10(8-24)22-18(26)27/h1-6,10,22-23H,7-8H2,(H,26,27). The average molecular weight is 512 g/mol. The molecule has 1 aliphatic rings. The number of carboxylic acid groups (broad SMARTS) is 1. The van der Waals surface area contributed by atoms with Gasteiger partial charge in [-0.05, 0) is 52.9 Å². The lowest BCUT2D eigenvalue weighted by molar-refractivity contribution is 0.0568. The van der Waals surface area contributed by atoms with Crippen molar-refractivity contribution in [1.29, 1.82) is 0 Å². The van der Waals surface area contributed by atoms with Crippen molar-refractivity contribution in [2.45, 2.75) is 6.04 Å². The number of nitrogens with zero attached hydrogens (tertiary/aromatic N) is 2. The highest BCUT2D eigenvalue weighted by Gasteiger charge is 2.35. The molecule has 0 atom stereocenters. The largest absolute Gasteiger partial charge is 0.465 e. The zero-order chi connectivity index (χ0) is 19.8. The molecule has 0 spiro atoms. The van der Waals surface area contributed by atoms with Gasteiger partial charge in [-0.1, -0.05) is 11.3 Å². The maximum absolute atomic E-state index is 14.3. The average Bonchev–Trinajstić information content (AvgIpc) is 2.97. The minimum atomic E-state index is -1.11. The highest BCUT2D eigenvalue weighted by Crippen LogP contribution is 2.38. The molecular formula is C18H14FIN4O3S. The molecule has 3 heterocycles. The Hall–Kier alpha value is -2.47. The van der Waals surface area contributed by atoms with E-state index < -0.39 is 11.9 Å². The van der Waals surface area contributed by atoms with Crippen LogP contribution in [0.2, 0.25) is 0 Å². The third-order valence-corrected chi connectivity index (χ3v) is 6.06. The van der Waals surface area contributed by atoms with E-state index in [0.29, 0.717) is 33.9 Å². The summed E-state index contributed by atoms with van der Waals surface area (Å²) in [5.41, 5.74) is 0.690. The third-order valence-electron chi connectivity index (χ3n) is 4.36. The number of pyridine rings is 1. The molecule has 10 heteroatoms. The van der Waals surface area contributed by atoms with Gasteiger partial charge in [0.25, 0.3) is 5.91 Å². The zero-order valence-electron chi connectivity index (χ0n) is 14.3. The summed E-state index contributed by atoms with van der Waals surface area (Å²) >= 11 is 3.30. The van der Waals surface area contributed by atoms with Crippen molar-refractivity contribution in [1.82, 2.24) is 15.2 Å². The summed E-state index contributed by atoms with van der Waals surface area (Å²) < 4.78 is 15.1. The maximum Gasteiger partial charge on any atom is 0.405 e. The molecule has 28 heavy (non-hydrogen) atoms. The van der Waals surface area contributed by atoms with Gasteiger partial charge in [-0.15, -0.1) is 0 Å². The van der Waals surface area contributed by atoms with E-state index in [4.69, 9.17) is 5.11 Å². The van der Waals surface area contributed by atoms with E-state index in [1.54, 1.807) is 35.4 Å². The van der Waals surface area contributed by atoms with E-state index >= 15 is 0 Å². The Morgan fingerprint density at radius 3 is 2.82 bits per heavy atom. The fourth-order valence-electron chi connectivity index (χ4n) is 3.01. The summed E-state index contributed by atoms with van der Waals surface area (Å²) in [7, 11) is 0. The topological polar surface area (TPSA) is 94.6 Å². The Morgan fingerprint density at radius 2 is 2.11 bits per heavy atom. The molecule has 4 rings (SSSR count). The molecule has 0 radical (unpaired) electrons. The number of aromatic nitrogens is 1. The zero-order valence-corrected chi connectivity index (χ0v) is 17.3. The van der Waals surface area contributed by atoms with Gasteiger partial charge in [0.2, 0.25) is 0 Å². The highest BCUT2D eigenvalue weighted by atomic mass is 127. The molecule has 0 aliphatic carbocycles. The first-order valence-corrected chi connectivity index (χ1v) is 10.2. The second-order valence-corrected chi connectivity index (χ2v) is 8.51. The monoisotopic (exact) mass is 512 g/mol. The minimum absolute atomic E-state index is 0.240. The number of halogens is 2. The number of fused-ring (bicyclic) bond motifs is 1. The lowest BCUT2D eigenvalue weighted by Gasteiger charge is -2.39. The van der Waals surface area contributed by atoms with Gasteiger partial charge in [0.05, 0.1) is 17.3 Å². The van der Waals surface area contributed by atoms with Crippen LogP contribution in [-0.4, -0.2) is 46.1 Å². The van der Waals surface area contributed by atoms with Crippen molar-refractivity contribution in [2.24, 2.45) is 0 Å². The number of carbonyl (C=O) groups excluding carboxylic acids is 1. The maximum atomic E-state index is 14.3. The quantitative estimate of drug-likeness (QED) is 0.462. The van der Waals surface area contributed by atoms with Crippen LogP contribution in [0, 0.1) is 9.39 Å². The van der Waals surface area contributed by atoms with Gasteiger partial charge in [0.15, 0.2) is 0 Å². The number of amides is 2. The van der Waals surface area contributed by atoms with Crippen molar-refractivity contribution in [3.05, 3.63) is 51.5 Å². The summed E-state index contributed by atoms with van der Waals surface area (Å²) in [6, 6.07) is 8.07. The highest BCUT2D eigenvalue weighted by molar-refractivity contribution is 14.1. The van der Waals surface area contributed by atoms with Crippen LogP contribution in [0.1, 0.15) is 10.4 Å². The number of thiophene rings is 1. The van der Waals surface area contributed by atoms with Gasteiger partial charge >= 0.3 is 6.09 Å². The van der Waals surface area contributed by atoms with Crippen molar-refractivity contribution in [3.63, 3.8) is 0 Å². The second-order valence-electron chi connectivity index (χ2n) is 6.27. The normalized spacial score (nSPS) is 14.0. The van der Waals surface area contributed by atoms with Gasteiger partial charge in [-0.3, -0.25) is 4.79 Å². The number of hydrogen-bond acceptors (Lipinski definition) is 5. The molecule has 3 N–H and O–H groups in total. The van der Waals surface area contributed by atoms with Crippen LogP contribution >= 0.6 is 33.9 Å². The van der Waals surface area contributed by atoms with E-state index in [1.807, 2.05) is 22.6 Å². The smallest absolute Gasteiger partial charge is 0.405 e. The number of rotatable bonds is 4. The second kappa shape index (κ2) is 7.51. The first-order valence-electron chi connectivity index (χ1n) is 8.30. The summed E-state index contributed by atoms with van der Waals surface area (Å²) in [6.07, 6.45) is 0.525. The Kier molecular flexibility index (Phi) is 5.06. The molecular weight excluding hydrogens is 498 g/mol. The minimum Gasteiger partial charge on any atom is -0.465 e. The van der Waals surface area contributed by atoms with Gasteiger partial charge in [0.1, 0.15) is 15.6 Å². The number of nitrogens with one attached hydrogen (secondary N) is 2. The SMILES string of the molecule is O=C(O)NC1CN(C(=O)c2c(Nc3ccc(I)cc3F)sc3ncccc23)C1. The Bertz CT molecular complexity index is 1080. The van der Waals surface area contributed by atoms with E-state index in [1.165, 1.54) is 17.4 Å². The molecule has 1 aliphatic heterocycles. The predicted molar refractivity (Wildman–Crippen MR) is 113 cm³/mol. The Balaban J connectivity index is 1.66. The fraction of sp³-hybridized carbons (Fsp3) is 0.167. The Morgan fingerprint density at radius 1 is 1.32 bits per heavy atom. The van der Waals surface area contributed by atoms with E-state index in [0.717, 1.165) is 3.57 Å². The lowest BCUT2D eigenvalue weighted by Crippen LogP contribution is -2.60. The van der Waals surface area contributed by atoms with E-state index in [9.17, 15) is 14.0 Å². The van der Waals surface area contributed by atoms with Gasteiger partial charge in [0, 0.05) is 28.2 Å². The molecule has 0 unspecified atom stereocenters. The summed E-state index contributed by atoms with van der Waals surface area (Å²) in [4.78, 5) is 30.3. The van der Waals surface area contributed by atoms with Crippen LogP contribution in [-0.2, 0) is 0 Å². The molecule has 0 bridgehead atoms. The van der Waals surface area contributed by atoms with Crippen LogP contribution < -0.4 is 10.6 Å². The first-order chi connectivity index (χ1) is 13.4. The number of benzene rings is 1. The van der Waals surface area contributed by atoms with Crippen LogP contribution in [0.5, 0.6) is 0 Å². The Labute approximate surface area is 176 Å². The molecule has 0 saturated carbocycles. The van der Waals surface area contributed by atoms with Crippen LogP contribution in [0.3, 0.4) is 0 Å². The van der Waals surface area contributed by atoms with Gasteiger partial charge in [-0.25, -0.2) is 14.2 Å². The third kappa shape index (κ3) is 3.61. The number of hydrogen-bond donors (Lipinski definition) is 3. The number of likely N-dealkylation sites (tertiary alicyclic amines) is 1. The molecule has 3 aromatic rings. The molecule has 2 amide bonds. The van der Waals surface area contributed by atoms with Crippen LogP contribution in [0.15, 0.2) is 36.5 Å². The van der Waals surface area contributed by atoms with Crippen LogP contribution in [0.4, 0.5) is 19.9 Å². The van der Waals surface area contributed by atoms with Crippen molar-refractivity contribution >= 4 is 66.8 Å². The van der Waals surface area contributed by atoms with Gasteiger partial charge < -0.3 is 20.6 Å². The summed E-state index contributed by atoms with van der Waals surface area (Å²) in [5.74, 6) is -0.651. The number of carbonyl (C=O) groups is 2. The summed E-state index contributed by atoms with van der Waals surface area (Å²) in [6.45, 7) is 0.583. The van der Waals surface area contributed by atoms with Gasteiger partial charge in [-0.2, -0.15) is 0 Å². The summed E-state index contributed by atoms with van der Waals surface area (Å²) in [5, 5.41) is 15.4. The molecule has 1 aromatic carbocycles. The predicted octanol–water partition coefficient (Wildman–Crippen LogP) is 3.88. The molecule has 1 saturated heterocycles. The molecule has 144 valence electrons. The van der Waals surface area contributed by atoms with Crippen molar-refractivity contribution in [3.8, 4) is 0 Å².